The fraction of sp³-hybridized carbons (Fsp3) is 0.800. The fourth-order valence-electron chi connectivity index (χ4n) is 0.299. The van der Waals surface area contributed by atoms with Crippen molar-refractivity contribution in [1.82, 2.24) is 0 Å². The predicted octanol–water partition coefficient (Wildman–Crippen LogP) is -0.843. The van der Waals surface area contributed by atoms with Gasteiger partial charge in [0, 0.05) is 6.04 Å². The Morgan fingerprint density at radius 1 is 1.75 bits per heavy atom. The molecule has 0 aliphatic carbocycles. The third-order valence-corrected chi connectivity index (χ3v) is 0.568. The standard InChI is InChI=1S/C5H12NO2/c1-5(6)4-8-3-2-7/h5,7H,1-4,6H2. The van der Waals surface area contributed by atoms with Gasteiger partial charge >= 0.3 is 0 Å². The highest BCUT2D eigenvalue weighted by molar-refractivity contribution is 4.59. The third-order valence-electron chi connectivity index (χ3n) is 0.568. The first-order valence-electron chi connectivity index (χ1n) is 2.54. The van der Waals surface area contributed by atoms with Crippen LogP contribution in [0.1, 0.15) is 0 Å². The van der Waals surface area contributed by atoms with Crippen LogP contribution in [0.4, 0.5) is 0 Å². The van der Waals surface area contributed by atoms with Crippen molar-refractivity contribution in [2.45, 2.75) is 6.04 Å². The van der Waals surface area contributed by atoms with Crippen LogP contribution in [0.2, 0.25) is 0 Å². The second kappa shape index (κ2) is 5.03. The molecule has 3 heteroatoms. The second-order valence-corrected chi connectivity index (χ2v) is 1.56. The van der Waals surface area contributed by atoms with Crippen molar-refractivity contribution in [3.05, 3.63) is 6.92 Å². The largest absolute Gasteiger partial charge is 0.394 e. The zero-order valence-electron chi connectivity index (χ0n) is 4.84. The van der Waals surface area contributed by atoms with Crippen molar-refractivity contribution < 1.29 is 9.84 Å². The first-order valence-corrected chi connectivity index (χ1v) is 2.54. The average Bonchev–Trinajstić information content (AvgIpc) is 1.66. The molecule has 0 bridgehead atoms. The molecular weight excluding hydrogens is 106 g/mol. The highest BCUT2D eigenvalue weighted by Gasteiger charge is 1.90. The van der Waals surface area contributed by atoms with E-state index < -0.39 is 0 Å². The van der Waals surface area contributed by atoms with Crippen LogP contribution in [0.5, 0.6) is 0 Å². The van der Waals surface area contributed by atoms with E-state index in [1.54, 1.807) is 0 Å². The highest BCUT2D eigenvalue weighted by atomic mass is 16.5. The molecule has 8 heavy (non-hydrogen) atoms. The number of aliphatic hydroxyl groups excluding tert-OH is 1. The van der Waals surface area contributed by atoms with Gasteiger partial charge in [-0.15, -0.1) is 0 Å². The summed E-state index contributed by atoms with van der Waals surface area (Å²) in [6.45, 7) is 4.30. The summed E-state index contributed by atoms with van der Waals surface area (Å²) in [5.41, 5.74) is 5.22. The molecule has 0 aromatic heterocycles. The normalized spacial score (nSPS) is 13.9. The summed E-state index contributed by atoms with van der Waals surface area (Å²) in [4.78, 5) is 0. The van der Waals surface area contributed by atoms with Crippen LogP contribution >= 0.6 is 0 Å². The fourth-order valence-corrected chi connectivity index (χ4v) is 0.299. The van der Waals surface area contributed by atoms with E-state index in [1.165, 1.54) is 0 Å². The third kappa shape index (κ3) is 5.88. The Morgan fingerprint density at radius 3 is 2.75 bits per heavy atom. The molecule has 0 amide bonds. The van der Waals surface area contributed by atoms with Crippen LogP contribution in [0.3, 0.4) is 0 Å². The van der Waals surface area contributed by atoms with Gasteiger partial charge in [0.15, 0.2) is 0 Å². The van der Waals surface area contributed by atoms with E-state index in [0.29, 0.717) is 13.2 Å². The van der Waals surface area contributed by atoms with Crippen LogP contribution in [0.15, 0.2) is 0 Å². The molecule has 0 aliphatic heterocycles. The Bertz CT molecular complexity index is 47.7. The molecule has 1 atom stereocenters. The van der Waals surface area contributed by atoms with Gasteiger partial charge in [-0.05, 0) is 6.92 Å². The molecule has 1 unspecified atom stereocenters. The number of aliphatic hydroxyl groups is 1. The summed E-state index contributed by atoms with van der Waals surface area (Å²) in [5.74, 6) is 0. The molecule has 0 fully saturated rings. The maximum absolute atomic E-state index is 8.19. The van der Waals surface area contributed by atoms with E-state index in [1.807, 2.05) is 0 Å². The summed E-state index contributed by atoms with van der Waals surface area (Å²) < 4.78 is 4.81. The minimum atomic E-state index is -0.179. The SMILES string of the molecule is [CH2]C(N)COCCO. The van der Waals surface area contributed by atoms with Gasteiger partial charge in [0.05, 0.1) is 19.8 Å². The second-order valence-electron chi connectivity index (χ2n) is 1.56. The van der Waals surface area contributed by atoms with Gasteiger partial charge in [-0.25, -0.2) is 0 Å². The number of hydrogen-bond acceptors (Lipinski definition) is 3. The number of ether oxygens (including phenoxy) is 1. The van der Waals surface area contributed by atoms with E-state index in [9.17, 15) is 0 Å². The molecule has 0 spiro atoms. The van der Waals surface area contributed by atoms with Crippen molar-refractivity contribution in [2.75, 3.05) is 19.8 Å². The van der Waals surface area contributed by atoms with Gasteiger partial charge in [0.1, 0.15) is 0 Å². The maximum atomic E-state index is 8.19. The minimum Gasteiger partial charge on any atom is -0.394 e. The molecule has 0 rings (SSSR count). The van der Waals surface area contributed by atoms with Gasteiger partial charge < -0.3 is 15.6 Å². The van der Waals surface area contributed by atoms with E-state index in [4.69, 9.17) is 15.6 Å². The van der Waals surface area contributed by atoms with Crippen molar-refractivity contribution >= 4 is 0 Å². The summed E-state index contributed by atoms with van der Waals surface area (Å²) >= 11 is 0. The zero-order valence-corrected chi connectivity index (χ0v) is 4.84. The van der Waals surface area contributed by atoms with Gasteiger partial charge in [-0.1, -0.05) is 0 Å². The lowest BCUT2D eigenvalue weighted by molar-refractivity contribution is 0.0890. The maximum Gasteiger partial charge on any atom is 0.0698 e. The van der Waals surface area contributed by atoms with Crippen molar-refractivity contribution in [3.63, 3.8) is 0 Å². The summed E-state index contributed by atoms with van der Waals surface area (Å²) in [6.07, 6.45) is 0. The first-order chi connectivity index (χ1) is 3.77. The summed E-state index contributed by atoms with van der Waals surface area (Å²) in [7, 11) is 0. The number of nitrogens with two attached hydrogens (primary N) is 1. The minimum absolute atomic E-state index is 0.0483. The van der Waals surface area contributed by atoms with Gasteiger partial charge in [-0.3, -0.25) is 0 Å². The molecule has 49 valence electrons. The molecular formula is C5H12NO2. The van der Waals surface area contributed by atoms with Gasteiger partial charge in [0.2, 0.25) is 0 Å². The van der Waals surface area contributed by atoms with Crippen LogP contribution in [-0.2, 0) is 4.74 Å². The molecule has 0 aromatic carbocycles. The van der Waals surface area contributed by atoms with Crippen LogP contribution < -0.4 is 5.73 Å². The lowest BCUT2D eigenvalue weighted by Gasteiger charge is -2.03. The van der Waals surface area contributed by atoms with Crippen molar-refractivity contribution in [1.29, 1.82) is 0 Å². The molecule has 0 aromatic rings. The summed E-state index contributed by atoms with van der Waals surface area (Å²) in [5, 5.41) is 8.19. The average molecular weight is 118 g/mol. The zero-order chi connectivity index (χ0) is 6.41. The molecule has 1 radical (unpaired) electrons. The van der Waals surface area contributed by atoms with E-state index in [2.05, 4.69) is 6.92 Å². The summed E-state index contributed by atoms with van der Waals surface area (Å²) in [6, 6.07) is -0.179. The Morgan fingerprint density at radius 2 is 2.38 bits per heavy atom. The lowest BCUT2D eigenvalue weighted by Crippen LogP contribution is -2.22. The van der Waals surface area contributed by atoms with Gasteiger partial charge in [0.25, 0.3) is 0 Å². The van der Waals surface area contributed by atoms with Crippen LogP contribution in [0.25, 0.3) is 0 Å². The predicted molar refractivity (Wildman–Crippen MR) is 31.2 cm³/mol. The van der Waals surface area contributed by atoms with E-state index in [0.717, 1.165) is 0 Å². The quantitative estimate of drug-likeness (QED) is 0.473. The molecule has 0 aliphatic rings. The monoisotopic (exact) mass is 118 g/mol. The topological polar surface area (TPSA) is 55.5 Å². The Labute approximate surface area is 49.4 Å². The van der Waals surface area contributed by atoms with Crippen LogP contribution in [0, 0.1) is 6.92 Å². The van der Waals surface area contributed by atoms with Crippen molar-refractivity contribution in [3.8, 4) is 0 Å². The van der Waals surface area contributed by atoms with Gasteiger partial charge in [-0.2, -0.15) is 0 Å². The number of hydrogen-bond donors (Lipinski definition) is 2. The smallest absolute Gasteiger partial charge is 0.0698 e. The Balaban J connectivity index is 2.72. The molecule has 3 N–H and O–H groups in total. The highest BCUT2D eigenvalue weighted by Crippen LogP contribution is 1.76. The van der Waals surface area contributed by atoms with E-state index >= 15 is 0 Å². The molecule has 3 nitrogen and oxygen atoms in total. The lowest BCUT2D eigenvalue weighted by atomic mass is 10.4. The molecule has 0 heterocycles. The van der Waals surface area contributed by atoms with Crippen molar-refractivity contribution in [2.24, 2.45) is 5.73 Å². The van der Waals surface area contributed by atoms with E-state index in [-0.39, 0.29) is 12.6 Å². The molecule has 0 saturated carbocycles. The Hall–Kier alpha value is -0.120. The molecule has 0 saturated heterocycles. The van der Waals surface area contributed by atoms with Crippen LogP contribution in [-0.4, -0.2) is 31.0 Å². The first kappa shape index (κ1) is 7.88. The number of rotatable bonds is 4. The Kier molecular flexibility index (Phi) is 4.95.